The Morgan fingerprint density at radius 3 is 3.00 bits per heavy atom. The van der Waals surface area contributed by atoms with Gasteiger partial charge in [-0.05, 0) is 22.6 Å². The van der Waals surface area contributed by atoms with Crippen LogP contribution in [0.15, 0.2) is 12.5 Å². The Kier molecular flexibility index (Phi) is 3.33. The molecule has 19 heavy (non-hydrogen) atoms. The van der Waals surface area contributed by atoms with Crippen LogP contribution in [0.25, 0.3) is 11.0 Å². The van der Waals surface area contributed by atoms with E-state index >= 15 is 0 Å². The summed E-state index contributed by atoms with van der Waals surface area (Å²) in [6.45, 7) is -0.203. The molecule has 102 valence electrons. The van der Waals surface area contributed by atoms with Crippen molar-refractivity contribution in [3.8, 4) is 0 Å². The number of rotatable bonds is 2. The number of hydrogen-bond acceptors (Lipinski definition) is 6. The van der Waals surface area contributed by atoms with Gasteiger partial charge in [0.2, 0.25) is 0 Å². The predicted octanol–water partition coefficient (Wildman–Crippen LogP) is 0.259. The van der Waals surface area contributed by atoms with Gasteiger partial charge in [0, 0.05) is 16.2 Å². The monoisotopic (exact) mass is 376 g/mol. The average Bonchev–Trinajstić information content (AvgIpc) is 2.91. The number of hydrogen-bond donors (Lipinski definition) is 3. The molecular weight excluding hydrogens is 363 g/mol. The highest BCUT2D eigenvalue weighted by Crippen LogP contribution is 2.34. The van der Waals surface area contributed by atoms with Crippen LogP contribution in [-0.4, -0.2) is 43.6 Å². The first kappa shape index (κ1) is 13.0. The van der Waals surface area contributed by atoms with Gasteiger partial charge in [-0.25, -0.2) is 9.97 Å². The highest BCUT2D eigenvalue weighted by molar-refractivity contribution is 14.1. The first-order valence-electron chi connectivity index (χ1n) is 5.82. The lowest BCUT2D eigenvalue weighted by atomic mass is 10.2. The van der Waals surface area contributed by atoms with Crippen molar-refractivity contribution in [2.24, 2.45) is 0 Å². The van der Waals surface area contributed by atoms with Crippen molar-refractivity contribution in [2.75, 3.05) is 12.3 Å². The van der Waals surface area contributed by atoms with Crippen molar-refractivity contribution in [3.63, 3.8) is 0 Å². The molecule has 0 aliphatic carbocycles. The standard InChI is InChI=1S/C11H13IN4O3/c12-5-2-16(8-1-6(18)7(3-17)19-8)11-9(5)10(13)14-4-15-11/h2,4,6-8,17-18H,1,3H2,(H2,13,14,15)/t6-,7+,8?/m0/s1. The number of fused-ring (bicyclic) bond motifs is 1. The summed E-state index contributed by atoms with van der Waals surface area (Å²) in [5.41, 5.74) is 6.52. The van der Waals surface area contributed by atoms with Gasteiger partial charge in [0.05, 0.1) is 18.1 Å². The van der Waals surface area contributed by atoms with E-state index in [1.807, 2.05) is 10.8 Å². The zero-order valence-electron chi connectivity index (χ0n) is 9.90. The maximum absolute atomic E-state index is 9.80. The number of nitrogens with zero attached hydrogens (tertiary/aromatic N) is 3. The van der Waals surface area contributed by atoms with Gasteiger partial charge in [0.15, 0.2) is 0 Å². The number of aromatic nitrogens is 3. The molecule has 8 heteroatoms. The van der Waals surface area contributed by atoms with Gasteiger partial charge >= 0.3 is 0 Å². The molecule has 1 fully saturated rings. The average molecular weight is 376 g/mol. The fourth-order valence-electron chi connectivity index (χ4n) is 2.33. The Balaban J connectivity index is 2.05. The zero-order chi connectivity index (χ0) is 13.6. The lowest BCUT2D eigenvalue weighted by Gasteiger charge is -2.14. The number of ether oxygens (including phenoxy) is 1. The molecule has 3 atom stereocenters. The minimum atomic E-state index is -0.677. The predicted molar refractivity (Wildman–Crippen MR) is 76.3 cm³/mol. The highest BCUT2D eigenvalue weighted by atomic mass is 127. The van der Waals surface area contributed by atoms with E-state index in [-0.39, 0.29) is 12.8 Å². The second-order valence-electron chi connectivity index (χ2n) is 4.46. The Bertz CT molecular complexity index is 617. The summed E-state index contributed by atoms with van der Waals surface area (Å²) in [6.07, 6.45) is 2.10. The van der Waals surface area contributed by atoms with E-state index in [9.17, 15) is 5.11 Å². The van der Waals surface area contributed by atoms with E-state index in [1.54, 1.807) is 0 Å². The van der Waals surface area contributed by atoms with Crippen LogP contribution in [0.1, 0.15) is 12.6 Å². The molecule has 3 heterocycles. The quantitative estimate of drug-likeness (QED) is 0.650. The number of halogens is 1. The molecule has 1 aliphatic heterocycles. The minimum absolute atomic E-state index is 0.203. The summed E-state index contributed by atoms with van der Waals surface area (Å²) >= 11 is 2.16. The van der Waals surface area contributed by atoms with Gasteiger partial charge in [-0.1, -0.05) is 0 Å². The van der Waals surface area contributed by atoms with Crippen molar-refractivity contribution >= 4 is 39.4 Å². The van der Waals surface area contributed by atoms with Crippen LogP contribution in [-0.2, 0) is 4.74 Å². The molecule has 3 rings (SSSR count). The van der Waals surface area contributed by atoms with Crippen LogP contribution in [0.4, 0.5) is 5.82 Å². The molecule has 0 radical (unpaired) electrons. The molecule has 0 spiro atoms. The Morgan fingerprint density at radius 1 is 1.53 bits per heavy atom. The second kappa shape index (κ2) is 4.85. The first-order chi connectivity index (χ1) is 9.11. The lowest BCUT2D eigenvalue weighted by Crippen LogP contribution is -2.24. The Morgan fingerprint density at radius 2 is 2.32 bits per heavy atom. The molecule has 0 saturated carbocycles. The molecule has 0 bridgehead atoms. The first-order valence-corrected chi connectivity index (χ1v) is 6.90. The van der Waals surface area contributed by atoms with Crippen molar-refractivity contribution in [2.45, 2.75) is 24.9 Å². The SMILES string of the molecule is Nc1ncnc2c1c(I)cn2C1C[C@H](O)[C@@H](CO)O1. The van der Waals surface area contributed by atoms with Crippen molar-refractivity contribution in [1.29, 1.82) is 0 Å². The van der Waals surface area contributed by atoms with Gasteiger partial charge in [-0.15, -0.1) is 0 Å². The summed E-state index contributed by atoms with van der Waals surface area (Å²) < 4.78 is 8.38. The van der Waals surface area contributed by atoms with E-state index in [4.69, 9.17) is 15.6 Å². The van der Waals surface area contributed by atoms with Crippen LogP contribution in [0.3, 0.4) is 0 Å². The van der Waals surface area contributed by atoms with Gasteiger partial charge < -0.3 is 25.3 Å². The maximum Gasteiger partial charge on any atom is 0.148 e. The third-order valence-electron chi connectivity index (χ3n) is 3.29. The summed E-state index contributed by atoms with van der Waals surface area (Å²) in [6, 6.07) is 0. The Labute approximate surface area is 122 Å². The lowest BCUT2D eigenvalue weighted by molar-refractivity contribution is -0.0430. The van der Waals surface area contributed by atoms with Crippen LogP contribution in [0.5, 0.6) is 0 Å². The number of nitrogen functional groups attached to an aromatic ring is 1. The Hall–Kier alpha value is -0.970. The molecular formula is C11H13IN4O3. The van der Waals surface area contributed by atoms with E-state index in [1.165, 1.54) is 6.33 Å². The summed E-state index contributed by atoms with van der Waals surface area (Å²) in [5.74, 6) is 0.422. The molecule has 2 aromatic heterocycles. The third-order valence-corrected chi connectivity index (χ3v) is 4.10. The maximum atomic E-state index is 9.80. The molecule has 1 saturated heterocycles. The van der Waals surface area contributed by atoms with Crippen molar-refractivity contribution < 1.29 is 14.9 Å². The van der Waals surface area contributed by atoms with Crippen LogP contribution >= 0.6 is 22.6 Å². The smallest absolute Gasteiger partial charge is 0.148 e. The molecule has 1 unspecified atom stereocenters. The minimum Gasteiger partial charge on any atom is -0.394 e. The fraction of sp³-hybridized carbons (Fsp3) is 0.455. The van der Waals surface area contributed by atoms with E-state index < -0.39 is 12.2 Å². The third kappa shape index (κ3) is 2.08. The molecule has 0 aromatic carbocycles. The number of nitrogens with two attached hydrogens (primary N) is 1. The molecule has 4 N–H and O–H groups in total. The van der Waals surface area contributed by atoms with Crippen molar-refractivity contribution in [3.05, 3.63) is 16.1 Å². The molecule has 2 aromatic rings. The number of aliphatic hydroxyl groups excluding tert-OH is 2. The van der Waals surface area contributed by atoms with Crippen LogP contribution in [0.2, 0.25) is 0 Å². The number of aliphatic hydroxyl groups is 2. The summed E-state index contributed by atoms with van der Waals surface area (Å²) in [4.78, 5) is 8.20. The van der Waals surface area contributed by atoms with E-state index in [2.05, 4.69) is 32.6 Å². The van der Waals surface area contributed by atoms with Crippen molar-refractivity contribution in [1.82, 2.24) is 14.5 Å². The van der Waals surface area contributed by atoms with E-state index in [0.717, 1.165) is 8.96 Å². The summed E-state index contributed by atoms with van der Waals surface area (Å²) in [5, 5.41) is 19.7. The zero-order valence-corrected chi connectivity index (χ0v) is 12.1. The topological polar surface area (TPSA) is 106 Å². The van der Waals surface area contributed by atoms with Gasteiger partial charge in [-0.3, -0.25) is 0 Å². The largest absolute Gasteiger partial charge is 0.394 e. The van der Waals surface area contributed by atoms with Gasteiger partial charge in [0.25, 0.3) is 0 Å². The molecule has 1 aliphatic rings. The van der Waals surface area contributed by atoms with Crippen LogP contribution < -0.4 is 5.73 Å². The molecule has 7 nitrogen and oxygen atoms in total. The van der Waals surface area contributed by atoms with Gasteiger partial charge in [-0.2, -0.15) is 0 Å². The second-order valence-corrected chi connectivity index (χ2v) is 5.62. The number of anilines is 1. The fourth-order valence-corrected chi connectivity index (χ4v) is 3.15. The van der Waals surface area contributed by atoms with Crippen LogP contribution in [0, 0.1) is 3.57 Å². The molecule has 0 amide bonds. The normalized spacial score (nSPS) is 27.2. The van der Waals surface area contributed by atoms with Gasteiger partial charge in [0.1, 0.15) is 30.1 Å². The van der Waals surface area contributed by atoms with E-state index in [0.29, 0.717) is 17.9 Å². The highest BCUT2D eigenvalue weighted by Gasteiger charge is 2.35. The summed E-state index contributed by atoms with van der Waals surface area (Å²) in [7, 11) is 0.